The number of carbonyl (C=O) groups is 6. The zero-order valence-corrected chi connectivity index (χ0v) is 42.5. The Labute approximate surface area is 409 Å². The molecule has 7 rings (SSSR count). The number of rotatable bonds is 12. The summed E-state index contributed by atoms with van der Waals surface area (Å²) in [7, 11) is -2.96. The molecule has 4 N–H and O–H groups in total. The third-order valence-electron chi connectivity index (χ3n) is 15.7. The summed E-state index contributed by atoms with van der Waals surface area (Å²) in [4.78, 5) is 86.3. The number of benzene rings is 3. The normalized spacial score (nSPS) is 31.2. The molecule has 0 spiro atoms. The molecule has 12 unspecified atom stereocenters. The van der Waals surface area contributed by atoms with Gasteiger partial charge in [-0.15, -0.1) is 0 Å². The molecule has 3 aromatic rings. The van der Waals surface area contributed by atoms with Gasteiger partial charge in [-0.1, -0.05) is 101 Å². The molecule has 1 amide bonds. The van der Waals surface area contributed by atoms with E-state index in [-0.39, 0.29) is 16.7 Å². The molecule has 12 atom stereocenters. The van der Waals surface area contributed by atoms with Gasteiger partial charge in [0, 0.05) is 31.2 Å². The second-order valence-corrected chi connectivity index (χ2v) is 26.1. The van der Waals surface area contributed by atoms with Crippen LogP contribution in [-0.2, 0) is 47.3 Å². The molecule has 1 heterocycles. The molecule has 2 bridgehead atoms. The van der Waals surface area contributed by atoms with E-state index in [2.05, 4.69) is 5.32 Å². The van der Waals surface area contributed by atoms with Gasteiger partial charge in [0.05, 0.1) is 35.6 Å². The van der Waals surface area contributed by atoms with Crippen LogP contribution in [-0.4, -0.2) is 120 Å². The van der Waals surface area contributed by atoms with Crippen molar-refractivity contribution in [1.29, 1.82) is 0 Å². The molecular formula is C53H65NO15Si. The maximum Gasteiger partial charge on any atom is 0.338 e. The van der Waals surface area contributed by atoms with Gasteiger partial charge in [0.1, 0.15) is 30.0 Å². The molecule has 17 heteroatoms. The number of fused-ring (bicyclic) bond motifs is 5. The maximum atomic E-state index is 15.8. The first-order chi connectivity index (χ1) is 32.6. The summed E-state index contributed by atoms with van der Waals surface area (Å²) in [5.74, 6) is -6.96. The highest BCUT2D eigenvalue weighted by atomic mass is 28.4. The Morgan fingerprint density at radius 1 is 0.814 bits per heavy atom. The van der Waals surface area contributed by atoms with Crippen molar-refractivity contribution in [2.75, 3.05) is 6.61 Å². The van der Waals surface area contributed by atoms with Gasteiger partial charge in [0.2, 0.25) is 0 Å². The van der Waals surface area contributed by atoms with Crippen molar-refractivity contribution in [3.05, 3.63) is 119 Å². The molecule has 2 saturated carbocycles. The molecule has 16 nitrogen and oxygen atoms in total. The molecule has 1 saturated heterocycles. The number of nitrogens with one attached hydrogen (secondary N) is 1. The Morgan fingerprint density at radius 2 is 1.37 bits per heavy atom. The average molecular weight is 984 g/mol. The fourth-order valence-electron chi connectivity index (χ4n) is 10.9. The van der Waals surface area contributed by atoms with Gasteiger partial charge >= 0.3 is 23.9 Å². The summed E-state index contributed by atoms with van der Waals surface area (Å²) in [6.07, 6.45) is -12.8. The number of aliphatic hydroxyl groups excluding tert-OH is 2. The largest absolute Gasteiger partial charge is 0.456 e. The van der Waals surface area contributed by atoms with E-state index in [0.717, 1.165) is 13.8 Å². The number of Topliss-reactive ketones (excluding diaryl/α,β-unsaturated/α-hetero) is 1. The van der Waals surface area contributed by atoms with E-state index in [1.165, 1.54) is 19.1 Å². The topological polar surface area (TPSA) is 231 Å². The molecule has 3 aromatic carbocycles. The van der Waals surface area contributed by atoms with Crippen LogP contribution < -0.4 is 5.32 Å². The Hall–Kier alpha value is -5.56. The molecule has 0 aromatic heterocycles. The number of ketones is 1. The van der Waals surface area contributed by atoms with Crippen LogP contribution in [0.15, 0.2) is 102 Å². The lowest BCUT2D eigenvalue weighted by molar-refractivity contribution is -0.369. The van der Waals surface area contributed by atoms with Crippen molar-refractivity contribution in [2.24, 2.45) is 16.7 Å². The van der Waals surface area contributed by atoms with Crippen LogP contribution in [0.5, 0.6) is 0 Å². The summed E-state index contributed by atoms with van der Waals surface area (Å²) in [6.45, 7) is 17.5. The molecule has 1 aliphatic heterocycles. The zero-order chi connectivity index (χ0) is 51.5. The molecule has 70 heavy (non-hydrogen) atoms. The van der Waals surface area contributed by atoms with Crippen molar-refractivity contribution in [3.63, 3.8) is 0 Å². The maximum absolute atomic E-state index is 15.8. The third kappa shape index (κ3) is 8.82. The van der Waals surface area contributed by atoms with Gasteiger partial charge in [-0.25, -0.2) is 9.59 Å². The van der Waals surface area contributed by atoms with E-state index in [1.807, 2.05) is 33.9 Å². The summed E-state index contributed by atoms with van der Waals surface area (Å²) in [5.41, 5.74) is -7.54. The lowest BCUT2D eigenvalue weighted by Crippen LogP contribution is -2.85. The van der Waals surface area contributed by atoms with Crippen LogP contribution in [0.3, 0.4) is 0 Å². The molecule has 0 radical (unpaired) electrons. The lowest BCUT2D eigenvalue weighted by atomic mass is 9.44. The van der Waals surface area contributed by atoms with E-state index in [9.17, 15) is 34.5 Å². The van der Waals surface area contributed by atoms with Crippen molar-refractivity contribution in [1.82, 2.24) is 5.32 Å². The first kappa shape index (κ1) is 52.3. The second kappa shape index (κ2) is 18.9. The number of amides is 1. The third-order valence-corrected chi connectivity index (χ3v) is 20.2. The Morgan fingerprint density at radius 3 is 1.89 bits per heavy atom. The number of esters is 4. The van der Waals surface area contributed by atoms with Gasteiger partial charge in [-0.05, 0) is 73.0 Å². The van der Waals surface area contributed by atoms with Crippen molar-refractivity contribution >= 4 is 43.9 Å². The van der Waals surface area contributed by atoms with Gasteiger partial charge in [0.15, 0.2) is 31.9 Å². The average Bonchev–Trinajstić information content (AvgIpc) is 3.29. The van der Waals surface area contributed by atoms with E-state index >= 15 is 9.59 Å². The van der Waals surface area contributed by atoms with Crippen molar-refractivity contribution < 1.29 is 72.2 Å². The smallest absolute Gasteiger partial charge is 0.338 e. The molecular weight excluding hydrogens is 919 g/mol. The SMILES string of the molecule is CC(=O)OC1C(=O)C2(C)C(O)C(O)C3OCC3(OC(C)=O)C2C(OC(=O)c2ccccc2)C2(O)CC(OC(=O)C(O[Si](C)(C)C(C)(C)C)C(NC(=O)c3ccccc3)c3ccccc3)C(C)=C1C2(C)C. The monoisotopic (exact) mass is 983 g/mol. The fraction of sp³-hybridized carbons (Fsp3) is 0.509. The van der Waals surface area contributed by atoms with Crippen LogP contribution in [0.4, 0.5) is 0 Å². The van der Waals surface area contributed by atoms with Gasteiger partial charge in [-0.3, -0.25) is 19.2 Å². The van der Waals surface area contributed by atoms with E-state index in [4.69, 9.17) is 28.1 Å². The Balaban J connectivity index is 1.46. The number of hydrogen-bond acceptors (Lipinski definition) is 15. The minimum atomic E-state index is -2.96. The second-order valence-electron chi connectivity index (χ2n) is 21.3. The van der Waals surface area contributed by atoms with Crippen LogP contribution in [0, 0.1) is 16.7 Å². The van der Waals surface area contributed by atoms with Crippen LogP contribution in [0.2, 0.25) is 18.1 Å². The Kier molecular flexibility index (Phi) is 14.1. The number of hydrogen-bond donors (Lipinski definition) is 4. The van der Waals surface area contributed by atoms with Crippen LogP contribution in [0.25, 0.3) is 0 Å². The van der Waals surface area contributed by atoms with Gasteiger partial charge < -0.3 is 48.7 Å². The van der Waals surface area contributed by atoms with Crippen LogP contribution in [0.1, 0.15) is 101 Å². The molecule has 4 aliphatic rings. The highest BCUT2D eigenvalue weighted by molar-refractivity contribution is 6.74. The molecule has 376 valence electrons. The zero-order valence-electron chi connectivity index (χ0n) is 41.5. The minimum Gasteiger partial charge on any atom is -0.456 e. The van der Waals surface area contributed by atoms with E-state index < -0.39 is 139 Å². The van der Waals surface area contributed by atoms with Crippen molar-refractivity contribution in [3.8, 4) is 0 Å². The minimum absolute atomic E-state index is 0.0336. The fourth-order valence-corrected chi connectivity index (χ4v) is 12.1. The summed E-state index contributed by atoms with van der Waals surface area (Å²) >= 11 is 0. The number of aliphatic hydroxyl groups is 3. The predicted molar refractivity (Wildman–Crippen MR) is 255 cm³/mol. The quantitative estimate of drug-likeness (QED) is 0.0735. The van der Waals surface area contributed by atoms with E-state index in [1.54, 1.807) is 99.6 Å². The standard InChI is InChI=1S/C53H65NO15Si/c1-29-35(66-48(62)40(69-70(10,11)49(4,5)6)37(32-21-15-12-16-22-32)54-46(60)33-23-17-13-18-24-33)27-53(63)45(67-47(61)34-25-19-14-20-26-34)41-51(9,43(59)39(65-30(2)55)36(29)50(53,7)8)42(58)38(57)44-52(41,28-64-44)68-31(3)56/h12-26,35,37-42,44-45,57-58,63H,27-28H2,1-11H3,(H,54,60). The van der Waals surface area contributed by atoms with Crippen LogP contribution >= 0.6 is 0 Å². The molecule has 3 aliphatic carbocycles. The highest BCUT2D eigenvalue weighted by Gasteiger charge is 2.80. The highest BCUT2D eigenvalue weighted by Crippen LogP contribution is 2.64. The van der Waals surface area contributed by atoms with E-state index in [0.29, 0.717) is 11.1 Å². The summed E-state index contributed by atoms with van der Waals surface area (Å²) in [5, 5.41) is 40.5. The predicted octanol–water partition coefficient (Wildman–Crippen LogP) is 5.74. The number of carbonyl (C=O) groups excluding carboxylic acids is 6. The Bertz CT molecular complexity index is 2540. The van der Waals surface area contributed by atoms with Crippen molar-refractivity contribution in [2.45, 2.75) is 147 Å². The summed E-state index contributed by atoms with van der Waals surface area (Å²) < 4.78 is 37.8. The number of ether oxygens (including phenoxy) is 5. The first-order valence-electron chi connectivity index (χ1n) is 23.5. The van der Waals surface area contributed by atoms with Gasteiger partial charge in [-0.2, -0.15) is 0 Å². The lowest BCUT2D eigenvalue weighted by Gasteiger charge is -2.68. The summed E-state index contributed by atoms with van der Waals surface area (Å²) in [6, 6.07) is 23.9. The van der Waals surface area contributed by atoms with Gasteiger partial charge in [0.25, 0.3) is 5.91 Å². The first-order valence-corrected chi connectivity index (χ1v) is 26.4. The molecule has 3 fully saturated rings.